The lowest BCUT2D eigenvalue weighted by atomic mass is 10.1. The first-order valence-corrected chi connectivity index (χ1v) is 10.0. The van der Waals surface area contributed by atoms with Gasteiger partial charge in [-0.3, -0.25) is 9.69 Å². The van der Waals surface area contributed by atoms with Crippen molar-refractivity contribution in [2.24, 2.45) is 4.99 Å². The van der Waals surface area contributed by atoms with Crippen molar-refractivity contribution in [3.8, 4) is 5.75 Å². The lowest BCUT2D eigenvalue weighted by molar-refractivity contribution is -0.113. The van der Waals surface area contributed by atoms with E-state index in [1.165, 1.54) is 11.8 Å². The van der Waals surface area contributed by atoms with Gasteiger partial charge in [-0.15, -0.1) is 0 Å². The fraction of sp³-hybridized carbons (Fsp3) is 0.0833. The van der Waals surface area contributed by atoms with Crippen LogP contribution >= 0.6 is 11.8 Å². The van der Waals surface area contributed by atoms with Gasteiger partial charge in [-0.2, -0.15) is 0 Å². The molecule has 4 rings (SSSR count). The largest absolute Gasteiger partial charge is 0.497 e. The standard InChI is InChI=1S/C24H20N2O2S/c1-17-15-21(28-2)14-13-18(17)16-22-23(27)26(20-11-7-4-8-12-20)24(29-22)25-19-9-5-3-6-10-19/h3-16H,1-2H3/b22-16+,25-24?. The third-order valence-corrected chi connectivity index (χ3v) is 5.53. The summed E-state index contributed by atoms with van der Waals surface area (Å²) in [5.74, 6) is 0.721. The Labute approximate surface area is 174 Å². The Morgan fingerprint density at radius 1 is 0.966 bits per heavy atom. The van der Waals surface area contributed by atoms with Crippen LogP contribution in [0.1, 0.15) is 11.1 Å². The molecule has 0 N–H and O–H groups in total. The molecule has 0 bridgehead atoms. The number of hydrogen-bond donors (Lipinski definition) is 0. The summed E-state index contributed by atoms with van der Waals surface area (Å²) in [6.07, 6.45) is 1.92. The van der Waals surface area contributed by atoms with Crippen LogP contribution in [-0.2, 0) is 4.79 Å². The molecule has 3 aromatic carbocycles. The number of amides is 1. The number of hydrogen-bond acceptors (Lipinski definition) is 4. The summed E-state index contributed by atoms with van der Waals surface area (Å²) in [6.45, 7) is 2.01. The number of ether oxygens (including phenoxy) is 1. The van der Waals surface area contributed by atoms with Crippen molar-refractivity contribution in [2.75, 3.05) is 12.0 Å². The molecule has 1 heterocycles. The first-order valence-electron chi connectivity index (χ1n) is 9.23. The highest BCUT2D eigenvalue weighted by molar-refractivity contribution is 8.19. The number of carbonyl (C=O) groups is 1. The lowest BCUT2D eigenvalue weighted by Crippen LogP contribution is -2.28. The molecule has 1 amide bonds. The predicted molar refractivity (Wildman–Crippen MR) is 121 cm³/mol. The number of methoxy groups -OCH3 is 1. The Hall–Kier alpha value is -3.31. The van der Waals surface area contributed by atoms with Crippen LogP contribution < -0.4 is 9.64 Å². The summed E-state index contributed by atoms with van der Waals surface area (Å²) in [6, 6.07) is 25.1. The average Bonchev–Trinajstić information content (AvgIpc) is 3.05. The molecule has 3 aromatic rings. The molecule has 1 saturated heterocycles. The summed E-state index contributed by atoms with van der Waals surface area (Å²) in [7, 11) is 1.65. The molecule has 0 atom stereocenters. The summed E-state index contributed by atoms with van der Waals surface area (Å²) in [5.41, 5.74) is 3.64. The number of anilines is 1. The van der Waals surface area contributed by atoms with Gasteiger partial charge in [-0.1, -0.05) is 42.5 Å². The van der Waals surface area contributed by atoms with Crippen LogP contribution in [0, 0.1) is 6.92 Å². The molecule has 1 fully saturated rings. The van der Waals surface area contributed by atoms with Gasteiger partial charge in [0.1, 0.15) is 5.75 Å². The topological polar surface area (TPSA) is 41.9 Å². The van der Waals surface area contributed by atoms with Crippen molar-refractivity contribution >= 4 is 40.3 Å². The maximum absolute atomic E-state index is 13.3. The molecule has 0 saturated carbocycles. The zero-order valence-corrected chi connectivity index (χ0v) is 17.0. The molecule has 0 spiro atoms. The Kier molecular flexibility index (Phi) is 5.49. The van der Waals surface area contributed by atoms with Crippen molar-refractivity contribution in [1.82, 2.24) is 0 Å². The number of nitrogens with zero attached hydrogens (tertiary/aromatic N) is 2. The smallest absolute Gasteiger partial charge is 0.271 e. The van der Waals surface area contributed by atoms with Crippen molar-refractivity contribution in [3.63, 3.8) is 0 Å². The monoisotopic (exact) mass is 400 g/mol. The average molecular weight is 401 g/mol. The zero-order chi connectivity index (χ0) is 20.2. The second-order valence-electron chi connectivity index (χ2n) is 6.54. The van der Waals surface area contributed by atoms with Crippen molar-refractivity contribution in [3.05, 3.63) is 94.9 Å². The molecule has 1 aliphatic heterocycles. The van der Waals surface area contributed by atoms with Gasteiger partial charge in [-0.05, 0) is 72.3 Å². The Balaban J connectivity index is 1.76. The minimum atomic E-state index is -0.0777. The molecule has 0 radical (unpaired) electrons. The fourth-order valence-corrected chi connectivity index (χ4v) is 4.04. The Bertz CT molecular complexity index is 1090. The second-order valence-corrected chi connectivity index (χ2v) is 7.55. The van der Waals surface area contributed by atoms with Gasteiger partial charge in [0, 0.05) is 0 Å². The van der Waals surface area contributed by atoms with E-state index in [9.17, 15) is 4.79 Å². The Morgan fingerprint density at radius 2 is 1.66 bits per heavy atom. The van der Waals surface area contributed by atoms with E-state index in [1.54, 1.807) is 12.0 Å². The minimum absolute atomic E-state index is 0.0777. The molecule has 5 heteroatoms. The van der Waals surface area contributed by atoms with Crippen LogP contribution in [0.3, 0.4) is 0 Å². The third-order valence-electron chi connectivity index (χ3n) is 4.57. The molecular formula is C24H20N2O2S. The molecule has 0 unspecified atom stereocenters. The number of para-hydroxylation sites is 2. The normalized spacial score (nSPS) is 16.6. The van der Waals surface area contributed by atoms with E-state index in [0.29, 0.717) is 10.1 Å². The van der Waals surface area contributed by atoms with Crippen LogP contribution in [0.4, 0.5) is 11.4 Å². The van der Waals surface area contributed by atoms with Gasteiger partial charge in [0.25, 0.3) is 5.91 Å². The molecule has 1 aliphatic rings. The van der Waals surface area contributed by atoms with Gasteiger partial charge in [0.15, 0.2) is 5.17 Å². The van der Waals surface area contributed by atoms with E-state index in [-0.39, 0.29) is 5.91 Å². The van der Waals surface area contributed by atoms with E-state index in [2.05, 4.69) is 0 Å². The number of aliphatic imine (C=N–C) groups is 1. The number of rotatable bonds is 4. The second kappa shape index (κ2) is 8.37. The van der Waals surface area contributed by atoms with Crippen molar-refractivity contribution < 1.29 is 9.53 Å². The van der Waals surface area contributed by atoms with Crippen molar-refractivity contribution in [2.45, 2.75) is 6.92 Å². The van der Waals surface area contributed by atoms with Gasteiger partial charge in [0.05, 0.1) is 23.4 Å². The van der Waals surface area contributed by atoms with Crippen LogP contribution in [-0.4, -0.2) is 18.2 Å². The van der Waals surface area contributed by atoms with Gasteiger partial charge < -0.3 is 4.74 Å². The maximum atomic E-state index is 13.3. The highest BCUT2D eigenvalue weighted by Gasteiger charge is 2.34. The van der Waals surface area contributed by atoms with E-state index >= 15 is 0 Å². The number of benzene rings is 3. The molecule has 144 valence electrons. The van der Waals surface area contributed by atoms with Gasteiger partial charge in [0.2, 0.25) is 0 Å². The summed E-state index contributed by atoms with van der Waals surface area (Å²) < 4.78 is 5.28. The van der Waals surface area contributed by atoms with Crippen LogP contribution in [0.5, 0.6) is 5.75 Å². The van der Waals surface area contributed by atoms with Gasteiger partial charge in [-0.25, -0.2) is 4.99 Å². The van der Waals surface area contributed by atoms with E-state index in [1.807, 2.05) is 91.9 Å². The molecule has 4 nitrogen and oxygen atoms in total. The number of aryl methyl sites for hydroxylation is 1. The third kappa shape index (κ3) is 4.10. The fourth-order valence-electron chi connectivity index (χ4n) is 3.04. The van der Waals surface area contributed by atoms with Crippen LogP contribution in [0.15, 0.2) is 88.8 Å². The first kappa shape index (κ1) is 19.0. The highest BCUT2D eigenvalue weighted by atomic mass is 32.2. The highest BCUT2D eigenvalue weighted by Crippen LogP contribution is 2.37. The van der Waals surface area contributed by atoms with E-state index < -0.39 is 0 Å². The van der Waals surface area contributed by atoms with Crippen molar-refractivity contribution in [1.29, 1.82) is 0 Å². The molecular weight excluding hydrogens is 380 g/mol. The van der Waals surface area contributed by atoms with Crippen LogP contribution in [0.25, 0.3) is 6.08 Å². The minimum Gasteiger partial charge on any atom is -0.497 e. The number of thioether (sulfide) groups is 1. The van der Waals surface area contributed by atoms with Crippen LogP contribution in [0.2, 0.25) is 0 Å². The van der Waals surface area contributed by atoms with E-state index in [4.69, 9.17) is 9.73 Å². The number of carbonyl (C=O) groups excluding carboxylic acids is 1. The maximum Gasteiger partial charge on any atom is 0.271 e. The van der Waals surface area contributed by atoms with E-state index in [0.717, 1.165) is 28.3 Å². The lowest BCUT2D eigenvalue weighted by Gasteiger charge is -2.15. The quantitative estimate of drug-likeness (QED) is 0.519. The predicted octanol–water partition coefficient (Wildman–Crippen LogP) is 5.81. The molecule has 29 heavy (non-hydrogen) atoms. The Morgan fingerprint density at radius 3 is 2.31 bits per heavy atom. The first-order chi connectivity index (χ1) is 14.2. The number of amidine groups is 1. The zero-order valence-electron chi connectivity index (χ0n) is 16.2. The molecule has 0 aliphatic carbocycles. The SMILES string of the molecule is COc1ccc(/C=C2/SC(=Nc3ccccc3)N(c3ccccc3)C2=O)c(C)c1. The summed E-state index contributed by atoms with van der Waals surface area (Å²) in [5, 5.41) is 0.643. The summed E-state index contributed by atoms with van der Waals surface area (Å²) >= 11 is 1.39. The van der Waals surface area contributed by atoms with Gasteiger partial charge >= 0.3 is 0 Å². The summed E-state index contributed by atoms with van der Waals surface area (Å²) in [4.78, 5) is 20.3. The molecule has 0 aromatic heterocycles.